The summed E-state index contributed by atoms with van der Waals surface area (Å²) in [7, 11) is 1.99. The van der Waals surface area contributed by atoms with Gasteiger partial charge >= 0.3 is 0 Å². The lowest BCUT2D eigenvalue weighted by atomic mass is 10.3. The fraction of sp³-hybridized carbons (Fsp3) is 0.231. The van der Waals surface area contributed by atoms with Crippen molar-refractivity contribution in [2.24, 2.45) is 0 Å². The predicted molar refractivity (Wildman–Crippen MR) is 85.3 cm³/mol. The summed E-state index contributed by atoms with van der Waals surface area (Å²) in [5.74, 6) is 0.0275. The average Bonchev–Trinajstić information content (AvgIpc) is 2.88. The molecule has 19 heavy (non-hydrogen) atoms. The molecule has 0 atom stereocenters. The molecule has 2 aliphatic rings. The van der Waals surface area contributed by atoms with E-state index >= 15 is 0 Å². The Bertz CT molecular complexity index is 612. The SMILES string of the molecule is CCN1C(=O)/C(=C2\Sc3ccccc3N2C)SC1=S. The van der Waals surface area contributed by atoms with Crippen molar-refractivity contribution in [1.29, 1.82) is 0 Å². The van der Waals surface area contributed by atoms with Crippen molar-refractivity contribution in [3.8, 4) is 0 Å². The Morgan fingerprint density at radius 3 is 2.63 bits per heavy atom. The quantitative estimate of drug-likeness (QED) is 0.585. The number of rotatable bonds is 1. The molecule has 0 bridgehead atoms. The lowest BCUT2D eigenvalue weighted by molar-refractivity contribution is -0.122. The lowest BCUT2D eigenvalue weighted by Crippen LogP contribution is -2.28. The highest BCUT2D eigenvalue weighted by atomic mass is 32.2. The zero-order valence-corrected chi connectivity index (χ0v) is 13.0. The smallest absolute Gasteiger partial charge is 0.268 e. The first-order valence-electron chi connectivity index (χ1n) is 5.92. The molecule has 0 spiro atoms. The number of anilines is 1. The Kier molecular flexibility index (Phi) is 3.32. The summed E-state index contributed by atoms with van der Waals surface area (Å²) >= 11 is 8.30. The van der Waals surface area contributed by atoms with Gasteiger partial charge in [0.1, 0.15) is 9.23 Å². The number of thioether (sulfide) groups is 2. The number of likely N-dealkylation sites (N-methyl/N-ethyl adjacent to an activating group) is 1. The summed E-state index contributed by atoms with van der Waals surface area (Å²) in [6.07, 6.45) is 0. The van der Waals surface area contributed by atoms with Crippen molar-refractivity contribution in [1.82, 2.24) is 4.90 Å². The molecule has 1 fully saturated rings. The molecule has 6 heteroatoms. The lowest BCUT2D eigenvalue weighted by Gasteiger charge is -2.15. The first-order chi connectivity index (χ1) is 9.13. The summed E-state index contributed by atoms with van der Waals surface area (Å²) in [5, 5.41) is 0.981. The molecule has 0 aliphatic carbocycles. The predicted octanol–water partition coefficient (Wildman–Crippen LogP) is 3.28. The zero-order valence-electron chi connectivity index (χ0n) is 10.5. The van der Waals surface area contributed by atoms with Gasteiger partial charge in [0.25, 0.3) is 5.91 Å². The van der Waals surface area contributed by atoms with Gasteiger partial charge in [-0.05, 0) is 19.1 Å². The monoisotopic (exact) mass is 308 g/mol. The highest BCUT2D eigenvalue weighted by Gasteiger charge is 2.37. The second-order valence-electron chi connectivity index (χ2n) is 4.18. The van der Waals surface area contributed by atoms with Crippen LogP contribution < -0.4 is 4.90 Å². The van der Waals surface area contributed by atoms with Crippen LogP contribution in [0.3, 0.4) is 0 Å². The average molecular weight is 308 g/mol. The van der Waals surface area contributed by atoms with Crippen LogP contribution in [-0.2, 0) is 4.79 Å². The van der Waals surface area contributed by atoms with Crippen molar-refractivity contribution < 1.29 is 4.79 Å². The van der Waals surface area contributed by atoms with Crippen LogP contribution in [0.15, 0.2) is 39.1 Å². The number of nitrogens with zero attached hydrogens (tertiary/aromatic N) is 2. The third kappa shape index (κ3) is 1.98. The number of carbonyl (C=O) groups is 1. The summed E-state index contributed by atoms with van der Waals surface area (Å²) in [6.45, 7) is 2.57. The standard InChI is InChI=1S/C13H12N2OS3/c1-3-15-11(16)10(19-13(15)17)12-14(2)8-6-4-5-7-9(8)18-12/h4-7H,3H2,1-2H3/b12-10+. The molecule has 2 heterocycles. The van der Waals surface area contributed by atoms with Crippen molar-refractivity contribution in [2.75, 3.05) is 18.5 Å². The van der Waals surface area contributed by atoms with Crippen LogP contribution >= 0.6 is 35.7 Å². The van der Waals surface area contributed by atoms with E-state index in [1.807, 2.05) is 26.1 Å². The first-order valence-corrected chi connectivity index (χ1v) is 7.96. The Hall–Kier alpha value is -0.980. The van der Waals surface area contributed by atoms with E-state index in [0.29, 0.717) is 10.9 Å². The molecule has 0 saturated carbocycles. The molecule has 3 nitrogen and oxygen atoms in total. The fourth-order valence-corrected chi connectivity index (χ4v) is 4.81. The summed E-state index contributed by atoms with van der Waals surface area (Å²) in [5.41, 5.74) is 1.14. The van der Waals surface area contributed by atoms with Crippen molar-refractivity contribution in [3.05, 3.63) is 34.2 Å². The van der Waals surface area contributed by atoms with Gasteiger partial charge in [0.15, 0.2) is 0 Å². The third-order valence-corrected chi connectivity index (χ3v) is 5.90. The Balaban J connectivity index is 2.03. The third-order valence-electron chi connectivity index (χ3n) is 3.10. The van der Waals surface area contributed by atoms with Gasteiger partial charge in [-0.25, -0.2) is 0 Å². The molecule has 0 radical (unpaired) electrons. The topological polar surface area (TPSA) is 23.6 Å². The van der Waals surface area contributed by atoms with Gasteiger partial charge in [-0.3, -0.25) is 9.69 Å². The normalized spacial score (nSPS) is 22.4. The van der Waals surface area contributed by atoms with Crippen LogP contribution in [-0.4, -0.2) is 28.7 Å². The number of amides is 1. The van der Waals surface area contributed by atoms with Crippen LogP contribution in [0.2, 0.25) is 0 Å². The molecular formula is C13H12N2OS3. The molecule has 0 unspecified atom stereocenters. The maximum atomic E-state index is 12.4. The van der Waals surface area contributed by atoms with E-state index in [9.17, 15) is 4.79 Å². The van der Waals surface area contributed by atoms with Crippen LogP contribution in [0.5, 0.6) is 0 Å². The maximum Gasteiger partial charge on any atom is 0.268 e. The van der Waals surface area contributed by atoms with Gasteiger partial charge in [-0.1, -0.05) is 47.9 Å². The highest BCUT2D eigenvalue weighted by Crippen LogP contribution is 2.49. The molecule has 0 aromatic heterocycles. The van der Waals surface area contributed by atoms with Gasteiger partial charge < -0.3 is 4.90 Å². The molecule has 1 amide bonds. The molecule has 1 aromatic carbocycles. The number of thiocarbonyl (C=S) groups is 1. The van der Waals surface area contributed by atoms with E-state index < -0.39 is 0 Å². The van der Waals surface area contributed by atoms with Gasteiger partial charge in [0.2, 0.25) is 0 Å². The van der Waals surface area contributed by atoms with Gasteiger partial charge in [0, 0.05) is 18.5 Å². The molecule has 3 rings (SSSR count). The zero-order chi connectivity index (χ0) is 13.6. The van der Waals surface area contributed by atoms with Crippen LogP contribution in [0.4, 0.5) is 5.69 Å². The Morgan fingerprint density at radius 2 is 2.00 bits per heavy atom. The fourth-order valence-electron chi connectivity index (χ4n) is 2.10. The maximum absolute atomic E-state index is 12.4. The summed E-state index contributed by atoms with van der Waals surface area (Å²) in [6, 6.07) is 8.16. The highest BCUT2D eigenvalue weighted by molar-refractivity contribution is 8.27. The van der Waals surface area contributed by atoms with E-state index in [1.165, 1.54) is 16.7 Å². The largest absolute Gasteiger partial charge is 0.337 e. The van der Waals surface area contributed by atoms with Crippen LogP contribution in [0.1, 0.15) is 6.92 Å². The van der Waals surface area contributed by atoms with E-state index in [2.05, 4.69) is 17.0 Å². The molecule has 0 N–H and O–H groups in total. The van der Waals surface area contributed by atoms with Crippen LogP contribution in [0.25, 0.3) is 0 Å². The van der Waals surface area contributed by atoms with E-state index in [-0.39, 0.29) is 5.91 Å². The Labute approximate surface area is 126 Å². The van der Waals surface area contributed by atoms with E-state index in [1.54, 1.807) is 16.7 Å². The first kappa shape index (κ1) is 13.0. The van der Waals surface area contributed by atoms with E-state index in [0.717, 1.165) is 15.6 Å². The molecule has 98 valence electrons. The van der Waals surface area contributed by atoms with Crippen molar-refractivity contribution in [2.45, 2.75) is 11.8 Å². The minimum Gasteiger partial charge on any atom is -0.337 e. The molecule has 1 saturated heterocycles. The van der Waals surface area contributed by atoms with Crippen molar-refractivity contribution in [3.63, 3.8) is 0 Å². The van der Waals surface area contributed by atoms with Crippen molar-refractivity contribution >= 4 is 51.7 Å². The van der Waals surface area contributed by atoms with Gasteiger partial charge in [0.05, 0.1) is 10.7 Å². The van der Waals surface area contributed by atoms with E-state index in [4.69, 9.17) is 12.2 Å². The molecular weight excluding hydrogens is 296 g/mol. The number of hydrogen-bond donors (Lipinski definition) is 0. The summed E-state index contributed by atoms with van der Waals surface area (Å²) in [4.78, 5) is 18.0. The number of para-hydroxylation sites is 1. The molecule has 2 aliphatic heterocycles. The number of fused-ring (bicyclic) bond motifs is 1. The van der Waals surface area contributed by atoms with Gasteiger partial charge in [-0.15, -0.1) is 0 Å². The number of benzene rings is 1. The number of carbonyl (C=O) groups excluding carboxylic acids is 1. The minimum absolute atomic E-state index is 0.0275. The van der Waals surface area contributed by atoms with Gasteiger partial charge in [-0.2, -0.15) is 0 Å². The Morgan fingerprint density at radius 1 is 1.26 bits per heavy atom. The summed E-state index contributed by atoms with van der Waals surface area (Å²) < 4.78 is 0.653. The second kappa shape index (κ2) is 4.85. The van der Waals surface area contributed by atoms with Crippen LogP contribution in [0, 0.1) is 0 Å². The number of hydrogen-bond acceptors (Lipinski definition) is 5. The minimum atomic E-state index is 0.0275. The molecule has 1 aromatic rings. The second-order valence-corrected chi connectivity index (χ2v) is 6.86.